The summed E-state index contributed by atoms with van der Waals surface area (Å²) in [5, 5.41) is 7.41. The van der Waals surface area contributed by atoms with Crippen LogP contribution in [0.2, 0.25) is 0 Å². The van der Waals surface area contributed by atoms with Gasteiger partial charge in [-0.1, -0.05) is 12.1 Å². The topological polar surface area (TPSA) is 73.5 Å². The van der Waals surface area contributed by atoms with Gasteiger partial charge in [-0.2, -0.15) is 5.10 Å². The Kier molecular flexibility index (Phi) is 5.36. The van der Waals surface area contributed by atoms with Crippen molar-refractivity contribution in [1.82, 2.24) is 19.2 Å². The molecule has 1 N–H and O–H groups in total. The largest absolute Gasteiger partial charge is 0.487 e. The van der Waals surface area contributed by atoms with Crippen molar-refractivity contribution in [3.8, 4) is 11.4 Å². The fraction of sp³-hybridized carbons (Fsp3) is 0.115. The molecule has 0 saturated heterocycles. The number of fused-ring (bicyclic) bond motifs is 1. The van der Waals surface area contributed by atoms with Gasteiger partial charge in [0.2, 0.25) is 0 Å². The number of aryl methyl sites for hydroxylation is 2. The van der Waals surface area contributed by atoms with Crippen LogP contribution in [0.4, 0.5) is 5.69 Å². The van der Waals surface area contributed by atoms with E-state index in [9.17, 15) is 4.79 Å². The lowest BCUT2D eigenvalue weighted by Gasteiger charge is -2.09. The first kappa shape index (κ1) is 20.5. The first-order valence-electron chi connectivity index (χ1n) is 10.7. The Morgan fingerprint density at radius 2 is 1.85 bits per heavy atom. The number of anilines is 1. The minimum Gasteiger partial charge on any atom is -0.487 e. The van der Waals surface area contributed by atoms with Gasteiger partial charge >= 0.3 is 0 Å². The van der Waals surface area contributed by atoms with Crippen LogP contribution in [0.25, 0.3) is 11.3 Å². The molecule has 3 heterocycles. The van der Waals surface area contributed by atoms with Gasteiger partial charge in [-0.25, -0.2) is 9.67 Å². The van der Waals surface area contributed by atoms with E-state index < -0.39 is 0 Å². The third-order valence-electron chi connectivity index (χ3n) is 5.28. The summed E-state index contributed by atoms with van der Waals surface area (Å²) in [6.07, 6.45) is 3.89. The highest BCUT2D eigenvalue weighted by atomic mass is 16.5. The Balaban J connectivity index is 1.24. The van der Waals surface area contributed by atoms with Crippen LogP contribution >= 0.6 is 0 Å². The van der Waals surface area contributed by atoms with Gasteiger partial charge in [-0.15, -0.1) is 0 Å². The molecule has 0 spiro atoms. The summed E-state index contributed by atoms with van der Waals surface area (Å²) in [6, 6.07) is 22.6. The maximum atomic E-state index is 12.7. The number of hydrogen-bond acceptors (Lipinski definition) is 4. The van der Waals surface area contributed by atoms with Crippen molar-refractivity contribution in [2.24, 2.45) is 0 Å². The maximum absolute atomic E-state index is 12.7. The van der Waals surface area contributed by atoms with Crippen LogP contribution in [0.1, 0.15) is 27.4 Å². The molecule has 33 heavy (non-hydrogen) atoms. The van der Waals surface area contributed by atoms with Crippen LogP contribution < -0.4 is 10.1 Å². The number of hydrogen-bond donors (Lipinski definition) is 1. The number of imidazole rings is 1. The van der Waals surface area contributed by atoms with E-state index in [1.165, 1.54) is 0 Å². The zero-order chi connectivity index (χ0) is 22.8. The molecule has 2 aromatic carbocycles. The van der Waals surface area contributed by atoms with Crippen LogP contribution in [0.5, 0.6) is 5.75 Å². The van der Waals surface area contributed by atoms with Crippen LogP contribution in [0, 0.1) is 13.8 Å². The molecule has 0 radical (unpaired) electrons. The second-order valence-electron chi connectivity index (χ2n) is 7.85. The molecule has 7 heteroatoms. The molecule has 0 fully saturated rings. The van der Waals surface area contributed by atoms with Crippen molar-refractivity contribution in [1.29, 1.82) is 0 Å². The third-order valence-corrected chi connectivity index (χ3v) is 5.28. The maximum Gasteiger partial charge on any atom is 0.255 e. The van der Waals surface area contributed by atoms with E-state index in [0.717, 1.165) is 28.4 Å². The molecule has 7 nitrogen and oxygen atoms in total. The minimum atomic E-state index is -0.188. The molecular formula is C26H23N5O2. The van der Waals surface area contributed by atoms with Crippen molar-refractivity contribution < 1.29 is 9.53 Å². The molecule has 0 aliphatic carbocycles. The Hall–Kier alpha value is -4.39. The normalized spacial score (nSPS) is 11.0. The van der Waals surface area contributed by atoms with Crippen molar-refractivity contribution >= 4 is 17.2 Å². The third kappa shape index (κ3) is 4.48. The summed E-state index contributed by atoms with van der Waals surface area (Å²) in [5.41, 5.74) is 5.85. The summed E-state index contributed by atoms with van der Waals surface area (Å²) < 4.78 is 9.71. The molecular weight excluding hydrogens is 414 g/mol. The van der Waals surface area contributed by atoms with Crippen LogP contribution in [-0.4, -0.2) is 25.1 Å². The van der Waals surface area contributed by atoms with Gasteiger partial charge in [-0.05, 0) is 68.4 Å². The molecule has 0 aliphatic heterocycles. The number of nitrogens with zero attached hydrogens (tertiary/aromatic N) is 4. The van der Waals surface area contributed by atoms with E-state index in [4.69, 9.17) is 4.74 Å². The number of aromatic nitrogens is 4. The van der Waals surface area contributed by atoms with Crippen LogP contribution in [-0.2, 0) is 6.61 Å². The van der Waals surface area contributed by atoms with E-state index in [1.807, 2.05) is 89.9 Å². The lowest BCUT2D eigenvalue weighted by atomic mass is 10.2. The number of ether oxygens (including phenoxy) is 1. The Morgan fingerprint density at radius 1 is 1.00 bits per heavy atom. The number of carbonyl (C=O) groups is 1. The van der Waals surface area contributed by atoms with Crippen molar-refractivity contribution in [2.75, 3.05) is 5.32 Å². The first-order chi connectivity index (χ1) is 16.0. The van der Waals surface area contributed by atoms with Gasteiger partial charge in [0.15, 0.2) is 0 Å². The number of benzene rings is 2. The SMILES string of the molecule is Cc1cc(C)n(-c2ccc(C(=O)Nc3cccc(OCc4cn5ccccc5n4)c3)cc2)n1. The molecule has 5 rings (SSSR count). The van der Waals surface area contributed by atoms with Crippen molar-refractivity contribution in [3.05, 3.63) is 108 Å². The zero-order valence-electron chi connectivity index (χ0n) is 18.4. The Labute approximate surface area is 191 Å². The molecule has 0 aliphatic rings. The molecule has 3 aromatic heterocycles. The Bertz CT molecular complexity index is 1400. The highest BCUT2D eigenvalue weighted by Crippen LogP contribution is 2.20. The standard InChI is InChI=1S/C26H23N5O2/c1-18-14-19(2)31(29-18)23-11-9-20(10-12-23)26(32)28-21-6-5-7-24(15-21)33-17-22-16-30-13-4-3-8-25(30)27-22/h3-16H,17H2,1-2H3,(H,28,32). The van der Waals surface area contributed by atoms with E-state index in [0.29, 0.717) is 23.6 Å². The van der Waals surface area contributed by atoms with Gasteiger partial charge in [-0.3, -0.25) is 4.79 Å². The summed E-state index contributed by atoms with van der Waals surface area (Å²) >= 11 is 0. The number of carbonyl (C=O) groups excluding carboxylic acids is 1. The summed E-state index contributed by atoms with van der Waals surface area (Å²) in [7, 11) is 0. The Morgan fingerprint density at radius 3 is 2.61 bits per heavy atom. The number of pyridine rings is 1. The number of nitrogens with one attached hydrogen (secondary N) is 1. The molecule has 0 unspecified atom stereocenters. The molecule has 5 aromatic rings. The number of amides is 1. The van der Waals surface area contributed by atoms with Crippen LogP contribution in [0.3, 0.4) is 0 Å². The summed E-state index contributed by atoms with van der Waals surface area (Å²) in [5.74, 6) is 0.470. The predicted octanol–water partition coefficient (Wildman–Crippen LogP) is 4.97. The summed E-state index contributed by atoms with van der Waals surface area (Å²) in [6.45, 7) is 4.30. The van der Waals surface area contributed by atoms with Crippen LogP contribution in [0.15, 0.2) is 85.2 Å². The highest BCUT2D eigenvalue weighted by molar-refractivity contribution is 6.04. The average Bonchev–Trinajstić information content (AvgIpc) is 3.40. The highest BCUT2D eigenvalue weighted by Gasteiger charge is 2.09. The minimum absolute atomic E-state index is 0.188. The fourth-order valence-corrected chi connectivity index (χ4v) is 3.73. The van der Waals surface area contributed by atoms with E-state index >= 15 is 0 Å². The van der Waals surface area contributed by atoms with Gasteiger partial charge < -0.3 is 14.5 Å². The zero-order valence-corrected chi connectivity index (χ0v) is 18.4. The van der Waals surface area contributed by atoms with Crippen molar-refractivity contribution in [3.63, 3.8) is 0 Å². The molecule has 164 valence electrons. The number of rotatable bonds is 6. The van der Waals surface area contributed by atoms with E-state index in [-0.39, 0.29) is 5.91 Å². The molecule has 0 atom stereocenters. The second-order valence-corrected chi connectivity index (χ2v) is 7.85. The second kappa shape index (κ2) is 8.63. The monoisotopic (exact) mass is 437 g/mol. The van der Waals surface area contributed by atoms with E-state index in [1.54, 1.807) is 18.2 Å². The lowest BCUT2D eigenvalue weighted by Crippen LogP contribution is -2.12. The van der Waals surface area contributed by atoms with Gasteiger partial charge in [0.1, 0.15) is 18.0 Å². The van der Waals surface area contributed by atoms with Gasteiger partial charge in [0.25, 0.3) is 5.91 Å². The molecule has 1 amide bonds. The predicted molar refractivity (Wildman–Crippen MR) is 127 cm³/mol. The fourth-order valence-electron chi connectivity index (χ4n) is 3.73. The smallest absolute Gasteiger partial charge is 0.255 e. The van der Waals surface area contributed by atoms with Crippen molar-refractivity contribution in [2.45, 2.75) is 20.5 Å². The lowest BCUT2D eigenvalue weighted by molar-refractivity contribution is 0.102. The molecule has 0 saturated carbocycles. The average molecular weight is 438 g/mol. The quantitative estimate of drug-likeness (QED) is 0.407. The molecule has 0 bridgehead atoms. The van der Waals surface area contributed by atoms with Gasteiger partial charge in [0.05, 0.1) is 17.1 Å². The summed E-state index contributed by atoms with van der Waals surface area (Å²) in [4.78, 5) is 17.3. The first-order valence-corrected chi connectivity index (χ1v) is 10.7. The van der Waals surface area contributed by atoms with E-state index in [2.05, 4.69) is 15.4 Å². The van der Waals surface area contributed by atoms with Gasteiger partial charge in [0, 0.05) is 35.4 Å².